The first kappa shape index (κ1) is 18.4. The van der Waals surface area contributed by atoms with Crippen molar-refractivity contribution in [3.05, 3.63) is 24.3 Å². The second kappa shape index (κ2) is 7.86. The number of amides is 1. The highest BCUT2D eigenvalue weighted by atomic mass is 32.2. The van der Waals surface area contributed by atoms with Gasteiger partial charge in [-0.3, -0.25) is 4.79 Å². The first-order chi connectivity index (χ1) is 12.5. The van der Waals surface area contributed by atoms with Crippen LogP contribution >= 0.6 is 0 Å². The first-order valence-corrected chi connectivity index (χ1v) is 10.1. The Labute approximate surface area is 152 Å². The van der Waals surface area contributed by atoms with Crippen LogP contribution in [0.2, 0.25) is 0 Å². The fourth-order valence-electron chi connectivity index (χ4n) is 2.82. The standard InChI is InChI=1S/C17H21N3O5S/c1-24-14-8-6-13(7-9-14)16-18-19-17(25-16)26(22,23)12-15(21)20-10-4-2-3-5-11-20/h6-9H,2-5,10-12H2,1H3. The van der Waals surface area contributed by atoms with Crippen molar-refractivity contribution in [2.75, 3.05) is 26.0 Å². The van der Waals surface area contributed by atoms with E-state index in [9.17, 15) is 13.2 Å². The number of likely N-dealkylation sites (tertiary alicyclic amines) is 1. The molecule has 1 aliphatic rings. The molecule has 2 heterocycles. The summed E-state index contributed by atoms with van der Waals surface area (Å²) in [5.41, 5.74) is 0.568. The summed E-state index contributed by atoms with van der Waals surface area (Å²) < 4.78 is 35.3. The third-order valence-corrected chi connectivity index (χ3v) is 5.61. The van der Waals surface area contributed by atoms with E-state index in [0.29, 0.717) is 24.4 Å². The Balaban J connectivity index is 1.73. The zero-order valence-electron chi connectivity index (χ0n) is 14.6. The summed E-state index contributed by atoms with van der Waals surface area (Å²) in [6.07, 6.45) is 3.92. The smallest absolute Gasteiger partial charge is 0.336 e. The Bertz CT molecular complexity index is 853. The number of ether oxygens (including phenoxy) is 1. The van der Waals surface area contributed by atoms with E-state index in [0.717, 1.165) is 25.7 Å². The zero-order valence-corrected chi connectivity index (χ0v) is 15.4. The second-order valence-electron chi connectivity index (χ2n) is 6.16. The number of hydrogen-bond donors (Lipinski definition) is 0. The molecule has 1 fully saturated rings. The minimum Gasteiger partial charge on any atom is -0.497 e. The molecule has 3 rings (SSSR count). The van der Waals surface area contributed by atoms with Crippen LogP contribution < -0.4 is 4.74 Å². The molecule has 0 saturated carbocycles. The number of hydrogen-bond acceptors (Lipinski definition) is 7. The number of nitrogens with zero attached hydrogens (tertiary/aromatic N) is 3. The summed E-state index contributed by atoms with van der Waals surface area (Å²) in [5.74, 6) is -0.342. The minimum atomic E-state index is -3.98. The van der Waals surface area contributed by atoms with Gasteiger partial charge in [-0.25, -0.2) is 8.42 Å². The van der Waals surface area contributed by atoms with E-state index in [1.54, 1.807) is 36.3 Å². The van der Waals surface area contributed by atoms with E-state index in [-0.39, 0.29) is 5.89 Å². The van der Waals surface area contributed by atoms with E-state index >= 15 is 0 Å². The van der Waals surface area contributed by atoms with E-state index in [2.05, 4.69) is 10.2 Å². The van der Waals surface area contributed by atoms with Crippen molar-refractivity contribution in [3.8, 4) is 17.2 Å². The molecular formula is C17H21N3O5S. The van der Waals surface area contributed by atoms with Gasteiger partial charge in [-0.05, 0) is 37.1 Å². The van der Waals surface area contributed by atoms with E-state index in [4.69, 9.17) is 9.15 Å². The Hall–Kier alpha value is -2.42. The van der Waals surface area contributed by atoms with Crippen molar-refractivity contribution in [3.63, 3.8) is 0 Å². The molecule has 0 bridgehead atoms. The molecule has 26 heavy (non-hydrogen) atoms. The SMILES string of the molecule is COc1ccc(-c2nnc(S(=O)(=O)CC(=O)N3CCCCCC3)o2)cc1. The largest absolute Gasteiger partial charge is 0.497 e. The van der Waals surface area contributed by atoms with Crippen LogP contribution in [0.1, 0.15) is 25.7 Å². The lowest BCUT2D eigenvalue weighted by Crippen LogP contribution is -2.36. The second-order valence-corrected chi connectivity index (χ2v) is 8.02. The van der Waals surface area contributed by atoms with Crippen molar-refractivity contribution in [2.45, 2.75) is 30.9 Å². The predicted molar refractivity (Wildman–Crippen MR) is 93.4 cm³/mol. The van der Waals surface area contributed by atoms with Gasteiger partial charge in [-0.2, -0.15) is 0 Å². The Morgan fingerprint density at radius 3 is 2.38 bits per heavy atom. The highest BCUT2D eigenvalue weighted by Crippen LogP contribution is 2.23. The summed E-state index contributed by atoms with van der Waals surface area (Å²) in [6.45, 7) is 1.19. The van der Waals surface area contributed by atoms with Gasteiger partial charge in [0.15, 0.2) is 0 Å². The molecule has 0 spiro atoms. The normalized spacial score (nSPS) is 15.5. The number of carbonyl (C=O) groups is 1. The molecule has 1 aromatic heterocycles. The van der Waals surface area contributed by atoms with Crippen LogP contribution in [0.25, 0.3) is 11.5 Å². The molecule has 0 atom stereocenters. The highest BCUT2D eigenvalue weighted by molar-refractivity contribution is 7.91. The van der Waals surface area contributed by atoms with Gasteiger partial charge >= 0.3 is 5.22 Å². The van der Waals surface area contributed by atoms with Gasteiger partial charge in [0.25, 0.3) is 0 Å². The summed E-state index contributed by atoms with van der Waals surface area (Å²) in [7, 11) is -2.43. The number of benzene rings is 1. The third-order valence-electron chi connectivity index (χ3n) is 4.28. The number of sulfone groups is 1. The van der Waals surface area contributed by atoms with Gasteiger partial charge < -0.3 is 14.1 Å². The Kier molecular flexibility index (Phi) is 5.55. The molecule has 0 radical (unpaired) electrons. The fourth-order valence-corrected chi connectivity index (χ4v) is 3.82. The Morgan fingerprint density at radius 2 is 1.77 bits per heavy atom. The molecule has 9 heteroatoms. The third kappa shape index (κ3) is 4.21. The van der Waals surface area contributed by atoms with Gasteiger partial charge in [0.1, 0.15) is 11.5 Å². The van der Waals surface area contributed by atoms with Gasteiger partial charge in [-0.1, -0.05) is 17.9 Å². The number of rotatable bonds is 5. The molecule has 2 aromatic rings. The van der Waals surface area contributed by atoms with Crippen LogP contribution in [0.4, 0.5) is 0 Å². The molecule has 0 N–H and O–H groups in total. The predicted octanol–water partition coefficient (Wildman–Crippen LogP) is 1.92. The van der Waals surface area contributed by atoms with E-state index in [1.165, 1.54) is 0 Å². The van der Waals surface area contributed by atoms with Crippen LogP contribution in [0.5, 0.6) is 5.75 Å². The average molecular weight is 379 g/mol. The van der Waals surface area contributed by atoms with Crippen molar-refractivity contribution < 1.29 is 22.4 Å². The topological polar surface area (TPSA) is 103 Å². The molecular weight excluding hydrogens is 358 g/mol. The fraction of sp³-hybridized carbons (Fsp3) is 0.471. The van der Waals surface area contributed by atoms with Crippen LogP contribution in [-0.2, 0) is 14.6 Å². The number of methoxy groups -OCH3 is 1. The van der Waals surface area contributed by atoms with Crippen LogP contribution in [0.15, 0.2) is 33.9 Å². The molecule has 1 amide bonds. The molecule has 8 nitrogen and oxygen atoms in total. The maximum absolute atomic E-state index is 12.5. The van der Waals surface area contributed by atoms with Gasteiger partial charge in [-0.15, -0.1) is 5.10 Å². The summed E-state index contributed by atoms with van der Waals surface area (Å²) >= 11 is 0. The van der Waals surface area contributed by atoms with Crippen molar-refractivity contribution >= 4 is 15.7 Å². The molecule has 1 aliphatic heterocycles. The lowest BCUT2D eigenvalue weighted by Gasteiger charge is -2.19. The summed E-state index contributed by atoms with van der Waals surface area (Å²) in [5, 5.41) is 6.86. The van der Waals surface area contributed by atoms with Gasteiger partial charge in [0.2, 0.25) is 21.6 Å². The van der Waals surface area contributed by atoms with Crippen LogP contribution in [0.3, 0.4) is 0 Å². The number of aromatic nitrogens is 2. The minimum absolute atomic E-state index is 0.0773. The van der Waals surface area contributed by atoms with Gasteiger partial charge in [0.05, 0.1) is 7.11 Å². The Morgan fingerprint density at radius 1 is 1.12 bits per heavy atom. The average Bonchev–Trinajstić information content (AvgIpc) is 2.98. The maximum Gasteiger partial charge on any atom is 0.336 e. The van der Waals surface area contributed by atoms with E-state index in [1.807, 2.05) is 0 Å². The van der Waals surface area contributed by atoms with E-state index < -0.39 is 26.7 Å². The molecule has 1 aromatic carbocycles. The highest BCUT2D eigenvalue weighted by Gasteiger charge is 2.29. The van der Waals surface area contributed by atoms with Crippen LogP contribution in [-0.4, -0.2) is 55.4 Å². The number of carbonyl (C=O) groups excluding carboxylic acids is 1. The first-order valence-electron chi connectivity index (χ1n) is 8.48. The van der Waals surface area contributed by atoms with Crippen molar-refractivity contribution in [2.24, 2.45) is 0 Å². The quantitative estimate of drug-likeness (QED) is 0.782. The molecule has 140 valence electrons. The van der Waals surface area contributed by atoms with Crippen molar-refractivity contribution in [1.29, 1.82) is 0 Å². The lowest BCUT2D eigenvalue weighted by atomic mass is 10.2. The lowest BCUT2D eigenvalue weighted by molar-refractivity contribution is -0.128. The summed E-state index contributed by atoms with van der Waals surface area (Å²) in [6, 6.07) is 6.78. The van der Waals surface area contributed by atoms with Crippen LogP contribution in [0, 0.1) is 0 Å². The van der Waals surface area contributed by atoms with Gasteiger partial charge in [0, 0.05) is 18.7 Å². The molecule has 0 unspecified atom stereocenters. The monoisotopic (exact) mass is 379 g/mol. The molecule has 0 aliphatic carbocycles. The van der Waals surface area contributed by atoms with Crippen molar-refractivity contribution in [1.82, 2.24) is 15.1 Å². The summed E-state index contributed by atoms with van der Waals surface area (Å²) in [4.78, 5) is 13.9. The maximum atomic E-state index is 12.5. The zero-order chi connectivity index (χ0) is 18.6. The molecule has 1 saturated heterocycles.